The van der Waals surface area contributed by atoms with Gasteiger partial charge in [-0.05, 0) is 43.2 Å². The molecule has 1 N–H and O–H groups in total. The number of carbonyl (C=O) groups is 1. The molecule has 1 amide bonds. The van der Waals surface area contributed by atoms with Crippen molar-refractivity contribution in [2.24, 2.45) is 0 Å². The third-order valence-corrected chi connectivity index (χ3v) is 6.61. The van der Waals surface area contributed by atoms with Gasteiger partial charge in [0, 0.05) is 0 Å². The van der Waals surface area contributed by atoms with Crippen molar-refractivity contribution in [2.45, 2.75) is 32.8 Å². The van der Waals surface area contributed by atoms with Gasteiger partial charge in [-0.1, -0.05) is 37.6 Å². The van der Waals surface area contributed by atoms with E-state index in [1.54, 1.807) is 31.2 Å². The van der Waals surface area contributed by atoms with Crippen LogP contribution in [0.15, 0.2) is 48.5 Å². The molecule has 1 heterocycles. The molecule has 7 nitrogen and oxygen atoms in total. The van der Waals surface area contributed by atoms with Crippen LogP contribution in [0.5, 0.6) is 11.5 Å². The number of aryl methyl sites for hydroxylation is 1. The first-order chi connectivity index (χ1) is 14.4. The molecule has 0 spiro atoms. The Morgan fingerprint density at radius 3 is 2.60 bits per heavy atom. The van der Waals surface area contributed by atoms with E-state index in [2.05, 4.69) is 12.2 Å². The van der Waals surface area contributed by atoms with Gasteiger partial charge in [0.1, 0.15) is 18.1 Å². The number of benzene rings is 2. The van der Waals surface area contributed by atoms with Gasteiger partial charge in [-0.2, -0.15) is 0 Å². The Hall–Kier alpha value is -2.74. The van der Waals surface area contributed by atoms with Crippen LogP contribution in [0.4, 0.5) is 5.69 Å². The highest BCUT2D eigenvalue weighted by atomic mass is 32.2. The average molecular weight is 433 g/mol. The van der Waals surface area contributed by atoms with Gasteiger partial charge in [0.05, 0.1) is 24.5 Å². The van der Waals surface area contributed by atoms with Crippen LogP contribution >= 0.6 is 0 Å². The predicted molar refractivity (Wildman–Crippen MR) is 117 cm³/mol. The summed E-state index contributed by atoms with van der Waals surface area (Å²) in [6.45, 7) is 4.25. The summed E-state index contributed by atoms with van der Waals surface area (Å²) >= 11 is 0. The van der Waals surface area contributed by atoms with Crippen molar-refractivity contribution >= 4 is 21.6 Å². The van der Waals surface area contributed by atoms with Gasteiger partial charge in [0.25, 0.3) is 5.91 Å². The lowest BCUT2D eigenvalue weighted by Crippen LogP contribution is -2.51. The number of amides is 1. The van der Waals surface area contributed by atoms with Crippen LogP contribution in [0.25, 0.3) is 0 Å². The molecule has 30 heavy (non-hydrogen) atoms. The number of ether oxygens (including phenoxy) is 2. The second-order valence-electron chi connectivity index (χ2n) is 7.04. The number of anilines is 1. The van der Waals surface area contributed by atoms with E-state index in [0.717, 1.165) is 18.6 Å². The molecule has 2 aromatic carbocycles. The van der Waals surface area contributed by atoms with Crippen LogP contribution in [-0.4, -0.2) is 45.9 Å². The largest absolute Gasteiger partial charge is 0.492 e. The number of para-hydroxylation sites is 2. The molecule has 0 saturated heterocycles. The minimum atomic E-state index is -3.52. The first-order valence-corrected chi connectivity index (χ1v) is 11.8. The van der Waals surface area contributed by atoms with Crippen LogP contribution in [0.2, 0.25) is 0 Å². The van der Waals surface area contributed by atoms with Crippen LogP contribution < -0.4 is 19.1 Å². The molecular weight excluding hydrogens is 404 g/mol. The van der Waals surface area contributed by atoms with Crippen molar-refractivity contribution in [3.8, 4) is 11.5 Å². The first-order valence-electron chi connectivity index (χ1n) is 10.2. The molecule has 0 aliphatic carbocycles. The van der Waals surface area contributed by atoms with Crippen molar-refractivity contribution in [3.05, 3.63) is 54.1 Å². The van der Waals surface area contributed by atoms with E-state index in [1.807, 2.05) is 24.3 Å². The fourth-order valence-electron chi connectivity index (χ4n) is 3.26. The van der Waals surface area contributed by atoms with Crippen LogP contribution in [0, 0.1) is 0 Å². The van der Waals surface area contributed by atoms with Gasteiger partial charge < -0.3 is 14.8 Å². The summed E-state index contributed by atoms with van der Waals surface area (Å²) in [6.07, 6.45) is 1.21. The Morgan fingerprint density at radius 2 is 1.90 bits per heavy atom. The zero-order valence-corrected chi connectivity index (χ0v) is 18.2. The Bertz CT molecular complexity index is 960. The van der Waals surface area contributed by atoms with Crippen molar-refractivity contribution in [2.75, 3.05) is 29.8 Å². The molecule has 0 radical (unpaired) electrons. The van der Waals surface area contributed by atoms with Gasteiger partial charge in [-0.15, -0.1) is 0 Å². The molecular formula is C22H28N2O5S. The number of hydrogen-bond acceptors (Lipinski definition) is 5. The molecule has 0 saturated carbocycles. The highest BCUT2D eigenvalue weighted by Gasteiger charge is 2.35. The van der Waals surface area contributed by atoms with E-state index in [9.17, 15) is 13.2 Å². The van der Waals surface area contributed by atoms with Crippen molar-refractivity contribution in [1.29, 1.82) is 0 Å². The number of nitrogens with zero attached hydrogens (tertiary/aromatic N) is 1. The summed E-state index contributed by atoms with van der Waals surface area (Å²) < 4.78 is 37.6. The Balaban J connectivity index is 1.55. The second-order valence-corrected chi connectivity index (χ2v) is 9.22. The fourth-order valence-corrected chi connectivity index (χ4v) is 4.38. The predicted octanol–water partition coefficient (Wildman–Crippen LogP) is 2.75. The highest BCUT2D eigenvalue weighted by molar-refractivity contribution is 7.92. The van der Waals surface area contributed by atoms with Gasteiger partial charge in [-0.3, -0.25) is 9.10 Å². The summed E-state index contributed by atoms with van der Waals surface area (Å²) in [4.78, 5) is 12.6. The maximum absolute atomic E-state index is 12.6. The lowest BCUT2D eigenvalue weighted by atomic mass is 10.1. The van der Waals surface area contributed by atoms with Gasteiger partial charge >= 0.3 is 0 Å². The van der Waals surface area contributed by atoms with E-state index in [1.165, 1.54) is 9.87 Å². The van der Waals surface area contributed by atoms with Crippen molar-refractivity contribution in [3.63, 3.8) is 0 Å². The van der Waals surface area contributed by atoms with Crippen molar-refractivity contribution in [1.82, 2.24) is 5.32 Å². The molecule has 1 aliphatic heterocycles. The molecule has 2 aromatic rings. The lowest BCUT2D eigenvalue weighted by molar-refractivity contribution is -0.127. The number of rotatable bonds is 9. The number of nitrogens with one attached hydrogen (secondary N) is 1. The molecule has 0 unspecified atom stereocenters. The minimum absolute atomic E-state index is 0.0550. The Morgan fingerprint density at radius 1 is 1.17 bits per heavy atom. The van der Waals surface area contributed by atoms with Crippen LogP contribution in [0.3, 0.4) is 0 Å². The van der Waals surface area contributed by atoms with Gasteiger partial charge in [0.15, 0.2) is 6.10 Å². The molecule has 8 heteroatoms. The molecule has 0 bridgehead atoms. The molecule has 1 aliphatic rings. The van der Waals surface area contributed by atoms with E-state index in [0.29, 0.717) is 18.0 Å². The normalized spacial score (nSPS) is 15.8. The Labute approximate surface area is 178 Å². The van der Waals surface area contributed by atoms with Gasteiger partial charge in [-0.25, -0.2) is 8.42 Å². The summed E-state index contributed by atoms with van der Waals surface area (Å²) in [5, 5.41) is 2.76. The minimum Gasteiger partial charge on any atom is -0.492 e. The average Bonchev–Trinajstić information content (AvgIpc) is 2.77. The smallest absolute Gasteiger partial charge is 0.263 e. The third kappa shape index (κ3) is 5.24. The fraction of sp³-hybridized carbons (Fsp3) is 0.409. The summed E-state index contributed by atoms with van der Waals surface area (Å²) in [6, 6.07) is 14.7. The summed E-state index contributed by atoms with van der Waals surface area (Å²) in [5.41, 5.74) is 1.72. The van der Waals surface area contributed by atoms with E-state index >= 15 is 0 Å². The molecule has 0 fully saturated rings. The quantitative estimate of drug-likeness (QED) is 0.616. The molecule has 0 aromatic heterocycles. The zero-order valence-electron chi connectivity index (χ0n) is 17.3. The maximum Gasteiger partial charge on any atom is 0.263 e. The SMILES string of the molecule is CCCc1ccc(OCCNC(=O)[C@@H]2CN(S(=O)(=O)CC)c3ccccc3O2)cc1. The topological polar surface area (TPSA) is 84.9 Å². The maximum atomic E-state index is 12.6. The number of carbonyl (C=O) groups excluding carboxylic acids is 1. The summed E-state index contributed by atoms with van der Waals surface area (Å²) in [5.74, 6) is 0.694. The number of hydrogen-bond donors (Lipinski definition) is 1. The molecule has 1 atom stereocenters. The van der Waals surface area contributed by atoms with Gasteiger partial charge in [0.2, 0.25) is 10.0 Å². The number of fused-ring (bicyclic) bond motifs is 1. The van der Waals surface area contributed by atoms with Crippen molar-refractivity contribution < 1.29 is 22.7 Å². The van der Waals surface area contributed by atoms with E-state index < -0.39 is 16.1 Å². The standard InChI is InChI=1S/C22H28N2O5S/c1-3-7-17-10-12-18(13-11-17)28-15-14-23-22(25)21-16-24(30(26,27)4-2)19-8-5-6-9-20(19)29-21/h5-6,8-13,21H,3-4,7,14-16H2,1-2H3,(H,23,25)/t21-/m0/s1. The molecule has 162 valence electrons. The highest BCUT2D eigenvalue weighted by Crippen LogP contribution is 2.35. The second kappa shape index (κ2) is 9.84. The van der Waals surface area contributed by atoms with Crippen LogP contribution in [0.1, 0.15) is 25.8 Å². The molecule has 3 rings (SSSR count). The van der Waals surface area contributed by atoms with E-state index in [4.69, 9.17) is 9.47 Å². The number of sulfonamides is 1. The third-order valence-electron chi connectivity index (χ3n) is 4.86. The lowest BCUT2D eigenvalue weighted by Gasteiger charge is -2.34. The summed E-state index contributed by atoms with van der Waals surface area (Å²) in [7, 11) is -3.52. The zero-order chi connectivity index (χ0) is 21.6. The Kier molecular flexibility index (Phi) is 7.20. The monoisotopic (exact) mass is 432 g/mol. The first kappa shape index (κ1) is 22.0. The van der Waals surface area contributed by atoms with Crippen LogP contribution in [-0.2, 0) is 21.2 Å². The van der Waals surface area contributed by atoms with E-state index in [-0.39, 0.29) is 24.7 Å².